The molecule has 0 aromatic rings. The van der Waals surface area contributed by atoms with Crippen LogP contribution in [0.5, 0.6) is 0 Å². The summed E-state index contributed by atoms with van der Waals surface area (Å²) in [6.07, 6.45) is 9.26. The van der Waals surface area contributed by atoms with Crippen molar-refractivity contribution >= 4 is 0 Å². The van der Waals surface area contributed by atoms with Crippen molar-refractivity contribution in [2.45, 2.75) is 46.0 Å². The van der Waals surface area contributed by atoms with Gasteiger partial charge in [0.05, 0.1) is 0 Å². The van der Waals surface area contributed by atoms with Gasteiger partial charge in [0.25, 0.3) is 0 Å². The van der Waals surface area contributed by atoms with Gasteiger partial charge in [-0.25, -0.2) is 0 Å². The van der Waals surface area contributed by atoms with E-state index in [-0.39, 0.29) is 0 Å². The molecule has 2 aliphatic carbocycles. The Labute approximate surface area is 75.4 Å². The molecule has 0 atom stereocenters. The molecular formula is C12H18. The van der Waals surface area contributed by atoms with Gasteiger partial charge in [-0.2, -0.15) is 0 Å². The normalized spacial score (nSPS) is 23.1. The van der Waals surface area contributed by atoms with Crippen molar-refractivity contribution in [2.75, 3.05) is 0 Å². The fourth-order valence-electron chi connectivity index (χ4n) is 2.46. The molecule has 0 unspecified atom stereocenters. The predicted octanol–water partition coefficient (Wildman–Crippen LogP) is 3.84. The molecule has 0 spiro atoms. The van der Waals surface area contributed by atoms with E-state index >= 15 is 0 Å². The largest absolute Gasteiger partial charge is 0.0769 e. The topological polar surface area (TPSA) is 0 Å². The summed E-state index contributed by atoms with van der Waals surface area (Å²) in [5.41, 5.74) is 5.14. The summed E-state index contributed by atoms with van der Waals surface area (Å²) in [7, 11) is 0. The zero-order valence-electron chi connectivity index (χ0n) is 8.19. The van der Waals surface area contributed by atoms with Gasteiger partial charge in [-0.15, -0.1) is 0 Å². The van der Waals surface area contributed by atoms with Crippen molar-refractivity contribution in [3.63, 3.8) is 0 Å². The van der Waals surface area contributed by atoms with E-state index in [0.717, 1.165) is 5.92 Å². The van der Waals surface area contributed by atoms with Crippen LogP contribution in [0, 0.1) is 5.92 Å². The molecule has 1 saturated carbocycles. The highest BCUT2D eigenvalue weighted by Gasteiger charge is 2.21. The molecule has 0 N–H and O–H groups in total. The van der Waals surface area contributed by atoms with Crippen LogP contribution in [-0.4, -0.2) is 0 Å². The van der Waals surface area contributed by atoms with Crippen molar-refractivity contribution in [1.82, 2.24) is 0 Å². The minimum absolute atomic E-state index is 0.770. The van der Waals surface area contributed by atoms with Crippen LogP contribution >= 0.6 is 0 Å². The Morgan fingerprint density at radius 2 is 1.92 bits per heavy atom. The smallest absolute Gasteiger partial charge is 0.0124 e. The first kappa shape index (κ1) is 8.10. The zero-order chi connectivity index (χ0) is 8.55. The molecule has 2 aliphatic rings. The highest BCUT2D eigenvalue weighted by Crippen LogP contribution is 2.39. The summed E-state index contributed by atoms with van der Waals surface area (Å²) in [5, 5.41) is 0. The monoisotopic (exact) mass is 162 g/mol. The van der Waals surface area contributed by atoms with E-state index in [9.17, 15) is 0 Å². The van der Waals surface area contributed by atoms with Gasteiger partial charge in [-0.3, -0.25) is 0 Å². The Morgan fingerprint density at radius 1 is 1.17 bits per heavy atom. The third kappa shape index (κ3) is 1.24. The molecule has 0 bridgehead atoms. The van der Waals surface area contributed by atoms with Gasteiger partial charge in [-0.05, 0) is 49.2 Å². The third-order valence-corrected chi connectivity index (χ3v) is 3.16. The van der Waals surface area contributed by atoms with Gasteiger partial charge in [-0.1, -0.05) is 25.5 Å². The molecule has 0 aromatic heterocycles. The maximum absolute atomic E-state index is 2.46. The lowest BCUT2D eigenvalue weighted by molar-refractivity contribution is 0.661. The summed E-state index contributed by atoms with van der Waals surface area (Å²) < 4.78 is 0. The van der Waals surface area contributed by atoms with Gasteiger partial charge >= 0.3 is 0 Å². The first-order valence-electron chi connectivity index (χ1n) is 5.20. The number of hydrogen-bond acceptors (Lipinski definition) is 0. The van der Waals surface area contributed by atoms with Crippen molar-refractivity contribution < 1.29 is 0 Å². The quantitative estimate of drug-likeness (QED) is 0.549. The molecule has 0 radical (unpaired) electrons. The molecule has 0 heteroatoms. The summed E-state index contributed by atoms with van der Waals surface area (Å²) in [6.45, 7) is 4.65. The van der Waals surface area contributed by atoms with Crippen LogP contribution in [0.15, 0.2) is 22.8 Å². The average molecular weight is 162 g/mol. The van der Waals surface area contributed by atoms with E-state index in [0.29, 0.717) is 0 Å². The fraction of sp³-hybridized carbons (Fsp3) is 0.667. The zero-order valence-corrected chi connectivity index (χ0v) is 8.19. The summed E-state index contributed by atoms with van der Waals surface area (Å²) >= 11 is 0. The van der Waals surface area contributed by atoms with E-state index in [1.54, 1.807) is 16.7 Å². The second kappa shape index (κ2) is 3.08. The van der Waals surface area contributed by atoms with E-state index in [1.165, 1.54) is 32.1 Å². The highest BCUT2D eigenvalue weighted by atomic mass is 14.3. The Hall–Kier alpha value is -0.520. The van der Waals surface area contributed by atoms with Gasteiger partial charge in [0.1, 0.15) is 0 Å². The lowest BCUT2D eigenvalue weighted by Crippen LogP contribution is -2.00. The minimum atomic E-state index is 0.770. The van der Waals surface area contributed by atoms with Crippen LogP contribution < -0.4 is 0 Å². The van der Waals surface area contributed by atoms with Gasteiger partial charge < -0.3 is 0 Å². The van der Waals surface area contributed by atoms with E-state index < -0.39 is 0 Å². The number of allylic oxidation sites excluding steroid dienone is 4. The molecule has 0 aromatic carbocycles. The average Bonchev–Trinajstić information content (AvgIpc) is 2.47. The first-order valence-corrected chi connectivity index (χ1v) is 5.20. The molecule has 12 heavy (non-hydrogen) atoms. The van der Waals surface area contributed by atoms with Gasteiger partial charge in [0.2, 0.25) is 0 Å². The Bertz CT molecular complexity index is 241. The summed E-state index contributed by atoms with van der Waals surface area (Å²) in [4.78, 5) is 0. The minimum Gasteiger partial charge on any atom is -0.0769 e. The molecular weight excluding hydrogens is 144 g/mol. The van der Waals surface area contributed by atoms with Crippen LogP contribution in [0.25, 0.3) is 0 Å². The Morgan fingerprint density at radius 3 is 2.67 bits per heavy atom. The second-order valence-corrected chi connectivity index (χ2v) is 4.30. The molecule has 0 heterocycles. The van der Waals surface area contributed by atoms with E-state index in [2.05, 4.69) is 19.9 Å². The van der Waals surface area contributed by atoms with Gasteiger partial charge in [0, 0.05) is 0 Å². The summed E-state index contributed by atoms with van der Waals surface area (Å²) in [6, 6.07) is 0. The van der Waals surface area contributed by atoms with Crippen molar-refractivity contribution in [3.8, 4) is 0 Å². The fourth-order valence-corrected chi connectivity index (χ4v) is 2.46. The van der Waals surface area contributed by atoms with Crippen molar-refractivity contribution in [1.29, 1.82) is 0 Å². The first-order chi connectivity index (χ1) is 5.79. The number of hydrogen-bond donors (Lipinski definition) is 0. The van der Waals surface area contributed by atoms with Gasteiger partial charge in [0.15, 0.2) is 0 Å². The van der Waals surface area contributed by atoms with Crippen LogP contribution in [0.1, 0.15) is 46.0 Å². The maximum atomic E-state index is 2.46. The van der Waals surface area contributed by atoms with Crippen molar-refractivity contribution in [2.24, 2.45) is 5.92 Å². The molecule has 0 aliphatic heterocycles. The number of fused-ring (bicyclic) bond motifs is 1. The van der Waals surface area contributed by atoms with Crippen LogP contribution in [0.2, 0.25) is 0 Å². The third-order valence-electron chi connectivity index (χ3n) is 3.16. The molecule has 0 saturated heterocycles. The maximum Gasteiger partial charge on any atom is -0.0124 e. The number of rotatable bonds is 1. The van der Waals surface area contributed by atoms with E-state index in [4.69, 9.17) is 0 Å². The predicted molar refractivity (Wildman–Crippen MR) is 53.0 cm³/mol. The Kier molecular flexibility index (Phi) is 2.08. The molecule has 66 valence electrons. The van der Waals surface area contributed by atoms with Crippen LogP contribution in [0.4, 0.5) is 0 Å². The van der Waals surface area contributed by atoms with Crippen LogP contribution in [-0.2, 0) is 0 Å². The molecule has 0 amide bonds. The molecule has 2 rings (SSSR count). The second-order valence-electron chi connectivity index (χ2n) is 4.30. The van der Waals surface area contributed by atoms with E-state index in [1.807, 2.05) is 0 Å². The molecule has 1 fully saturated rings. The molecule has 0 nitrogen and oxygen atoms in total. The van der Waals surface area contributed by atoms with Crippen LogP contribution in [0.3, 0.4) is 0 Å². The lowest BCUT2D eigenvalue weighted by atomic mass is 9.87. The van der Waals surface area contributed by atoms with Crippen molar-refractivity contribution in [3.05, 3.63) is 22.8 Å². The SMILES string of the molecule is CC(C)C1=C2CCCCC2=CC1. The standard InChI is InChI=1S/C12H18/c1-9(2)11-8-7-10-5-3-4-6-12(10)11/h7,9H,3-6,8H2,1-2H3. The lowest BCUT2D eigenvalue weighted by Gasteiger charge is -2.18. The highest BCUT2D eigenvalue weighted by molar-refractivity contribution is 5.44. The Balaban J connectivity index is 2.26. The summed E-state index contributed by atoms with van der Waals surface area (Å²) in [5.74, 6) is 0.770.